The van der Waals surface area contributed by atoms with Gasteiger partial charge in [0.25, 0.3) is 5.56 Å². The van der Waals surface area contributed by atoms with Crippen LogP contribution in [0.1, 0.15) is 0 Å². The van der Waals surface area contributed by atoms with Crippen LogP contribution >= 0.6 is 12.2 Å². The highest BCUT2D eigenvalue weighted by Gasteiger charge is 2.17. The number of hydrogen-bond acceptors (Lipinski definition) is 4. The third-order valence-electron chi connectivity index (χ3n) is 4.37. The van der Waals surface area contributed by atoms with Crippen LogP contribution in [0, 0.1) is 4.77 Å². The zero-order valence-electron chi connectivity index (χ0n) is 14.4. The van der Waals surface area contributed by atoms with Crippen molar-refractivity contribution in [3.63, 3.8) is 0 Å². The molecule has 0 saturated heterocycles. The molecule has 0 aliphatic carbocycles. The quantitative estimate of drug-likeness (QED) is 0.511. The maximum absolute atomic E-state index is 12.7. The lowest BCUT2D eigenvalue weighted by atomic mass is 10.0. The fraction of sp³-hybridized carbons (Fsp3) is 0.100. The van der Waals surface area contributed by atoms with Gasteiger partial charge in [0.1, 0.15) is 0 Å². The van der Waals surface area contributed by atoms with Crippen LogP contribution in [0.4, 0.5) is 0 Å². The van der Waals surface area contributed by atoms with Crippen LogP contribution in [0.5, 0.6) is 0 Å². The first-order valence-corrected chi connectivity index (χ1v) is 8.57. The van der Waals surface area contributed by atoms with Gasteiger partial charge in [-0.2, -0.15) is 0 Å². The number of aryl methyl sites for hydroxylation is 1. The van der Waals surface area contributed by atoms with Crippen molar-refractivity contribution < 1.29 is 0 Å². The van der Waals surface area contributed by atoms with Crippen molar-refractivity contribution in [3.8, 4) is 22.5 Å². The summed E-state index contributed by atoms with van der Waals surface area (Å²) < 4.78 is 3.55. The van der Waals surface area contributed by atoms with E-state index in [0.29, 0.717) is 21.6 Å². The first-order chi connectivity index (χ1) is 12.6. The maximum Gasteiger partial charge on any atom is 0.282 e. The van der Waals surface area contributed by atoms with E-state index >= 15 is 0 Å². The molecule has 128 valence electrons. The van der Waals surface area contributed by atoms with E-state index in [9.17, 15) is 4.79 Å². The SMILES string of the molecule is Cn1c(=O)c2nc(-c3ccccc3)c(-c3ccccc3)nc2n(C)c1=S. The maximum atomic E-state index is 12.7. The molecular formula is C20H16N4OS. The van der Waals surface area contributed by atoms with Crippen molar-refractivity contribution >= 4 is 23.4 Å². The number of aromatic nitrogens is 4. The smallest absolute Gasteiger partial charge is 0.282 e. The molecule has 0 aliphatic rings. The van der Waals surface area contributed by atoms with Gasteiger partial charge in [-0.3, -0.25) is 9.36 Å². The minimum atomic E-state index is -0.243. The van der Waals surface area contributed by atoms with E-state index in [0.717, 1.165) is 16.8 Å². The van der Waals surface area contributed by atoms with Crippen molar-refractivity contribution in [2.45, 2.75) is 0 Å². The number of rotatable bonds is 2. The molecule has 0 saturated carbocycles. The molecule has 4 rings (SSSR count). The molecule has 26 heavy (non-hydrogen) atoms. The first-order valence-electron chi connectivity index (χ1n) is 8.16. The second-order valence-corrected chi connectivity index (χ2v) is 6.40. The lowest BCUT2D eigenvalue weighted by Crippen LogP contribution is -2.24. The number of benzene rings is 2. The van der Waals surface area contributed by atoms with E-state index in [2.05, 4.69) is 0 Å². The molecule has 0 bridgehead atoms. The van der Waals surface area contributed by atoms with E-state index in [4.69, 9.17) is 22.2 Å². The summed E-state index contributed by atoms with van der Waals surface area (Å²) in [6, 6.07) is 19.6. The van der Waals surface area contributed by atoms with Crippen molar-refractivity contribution in [1.82, 2.24) is 19.1 Å². The molecule has 2 heterocycles. The monoisotopic (exact) mass is 360 g/mol. The zero-order chi connectivity index (χ0) is 18.3. The highest BCUT2D eigenvalue weighted by molar-refractivity contribution is 7.71. The number of hydrogen-bond donors (Lipinski definition) is 0. The van der Waals surface area contributed by atoms with Crippen molar-refractivity contribution in [1.29, 1.82) is 0 Å². The minimum Gasteiger partial charge on any atom is -0.304 e. The van der Waals surface area contributed by atoms with Gasteiger partial charge in [0.05, 0.1) is 11.4 Å². The van der Waals surface area contributed by atoms with Crippen molar-refractivity contribution in [3.05, 3.63) is 75.8 Å². The largest absolute Gasteiger partial charge is 0.304 e. The molecule has 2 aromatic carbocycles. The lowest BCUT2D eigenvalue weighted by molar-refractivity contribution is 0.737. The van der Waals surface area contributed by atoms with E-state index in [1.165, 1.54) is 4.57 Å². The Morgan fingerprint density at radius 3 is 1.81 bits per heavy atom. The Balaban J connectivity index is 2.18. The standard InChI is InChI=1S/C20H16N4OS/c1-23-18-17(19(25)24(2)20(23)26)21-15(13-9-5-3-6-10-13)16(22-18)14-11-7-4-8-12-14/h3-12H,1-2H3. The first kappa shape index (κ1) is 16.4. The molecule has 0 amide bonds. The number of fused-ring (bicyclic) bond motifs is 1. The molecule has 4 aromatic rings. The third kappa shape index (κ3) is 2.55. The molecule has 2 aromatic heterocycles. The summed E-state index contributed by atoms with van der Waals surface area (Å²) in [6.07, 6.45) is 0. The predicted molar refractivity (Wildman–Crippen MR) is 105 cm³/mol. The van der Waals surface area contributed by atoms with E-state index < -0.39 is 0 Å². The highest BCUT2D eigenvalue weighted by atomic mass is 32.1. The van der Waals surface area contributed by atoms with Gasteiger partial charge >= 0.3 is 0 Å². The molecule has 0 spiro atoms. The molecule has 6 heteroatoms. The molecule has 0 N–H and O–H groups in total. The van der Waals surface area contributed by atoms with Gasteiger partial charge in [0.2, 0.25) is 0 Å². The Morgan fingerprint density at radius 2 is 1.27 bits per heavy atom. The van der Waals surface area contributed by atoms with Crippen LogP contribution in [-0.2, 0) is 14.1 Å². The molecule has 0 fully saturated rings. The van der Waals surface area contributed by atoms with Crippen LogP contribution in [-0.4, -0.2) is 19.1 Å². The average molecular weight is 360 g/mol. The Labute approximate surface area is 155 Å². The minimum absolute atomic E-state index is 0.243. The van der Waals surface area contributed by atoms with E-state index in [-0.39, 0.29) is 5.56 Å². The summed E-state index contributed by atoms with van der Waals surface area (Å²) in [4.78, 5) is 22.2. The number of nitrogens with zero attached hydrogens (tertiary/aromatic N) is 4. The summed E-state index contributed by atoms with van der Waals surface area (Å²) in [5, 5.41) is 0. The Kier molecular flexibility index (Phi) is 3.97. The fourth-order valence-corrected chi connectivity index (χ4v) is 3.13. The fourth-order valence-electron chi connectivity index (χ4n) is 2.96. The lowest BCUT2D eigenvalue weighted by Gasteiger charge is -2.13. The molecule has 0 aliphatic heterocycles. The highest BCUT2D eigenvalue weighted by Crippen LogP contribution is 2.29. The second-order valence-electron chi connectivity index (χ2n) is 6.03. The van der Waals surface area contributed by atoms with Gasteiger partial charge in [0, 0.05) is 25.2 Å². The van der Waals surface area contributed by atoms with Gasteiger partial charge in [-0.25, -0.2) is 9.97 Å². The van der Waals surface area contributed by atoms with E-state index in [1.807, 2.05) is 60.7 Å². The van der Waals surface area contributed by atoms with Crippen molar-refractivity contribution in [2.75, 3.05) is 0 Å². The summed E-state index contributed by atoms with van der Waals surface area (Å²) in [5.41, 5.74) is 3.80. The van der Waals surface area contributed by atoms with Gasteiger partial charge in [-0.05, 0) is 12.2 Å². The molecule has 0 atom stereocenters. The third-order valence-corrected chi connectivity index (χ3v) is 4.92. The molecular weight excluding hydrogens is 344 g/mol. The van der Waals surface area contributed by atoms with Gasteiger partial charge in [-0.15, -0.1) is 0 Å². The topological polar surface area (TPSA) is 52.7 Å². The van der Waals surface area contributed by atoms with Crippen LogP contribution in [0.2, 0.25) is 0 Å². The molecule has 5 nitrogen and oxygen atoms in total. The van der Waals surface area contributed by atoms with Gasteiger partial charge < -0.3 is 4.57 Å². The van der Waals surface area contributed by atoms with Crippen LogP contribution in [0.3, 0.4) is 0 Å². The molecule has 0 radical (unpaired) electrons. The Bertz CT molecular complexity index is 1230. The van der Waals surface area contributed by atoms with Gasteiger partial charge in [-0.1, -0.05) is 60.7 Å². The van der Waals surface area contributed by atoms with Crippen LogP contribution < -0.4 is 5.56 Å². The normalized spacial score (nSPS) is 11.0. The summed E-state index contributed by atoms with van der Waals surface area (Å²) in [5.74, 6) is 0. The summed E-state index contributed by atoms with van der Waals surface area (Å²) >= 11 is 5.35. The van der Waals surface area contributed by atoms with Crippen LogP contribution in [0.25, 0.3) is 33.7 Å². The Hall–Kier alpha value is -3.12. The summed E-state index contributed by atoms with van der Waals surface area (Å²) in [6.45, 7) is 0. The predicted octanol–water partition coefficient (Wildman–Crippen LogP) is 3.73. The van der Waals surface area contributed by atoms with Crippen molar-refractivity contribution in [2.24, 2.45) is 14.1 Å². The molecule has 0 unspecified atom stereocenters. The second kappa shape index (κ2) is 6.31. The average Bonchev–Trinajstić information content (AvgIpc) is 2.71. The van der Waals surface area contributed by atoms with Gasteiger partial charge in [0.15, 0.2) is 15.9 Å². The Morgan fingerprint density at radius 1 is 0.769 bits per heavy atom. The zero-order valence-corrected chi connectivity index (χ0v) is 15.2. The summed E-state index contributed by atoms with van der Waals surface area (Å²) in [7, 11) is 3.45. The van der Waals surface area contributed by atoms with E-state index in [1.54, 1.807) is 18.7 Å². The van der Waals surface area contributed by atoms with Crippen LogP contribution in [0.15, 0.2) is 65.5 Å².